The Morgan fingerprint density at radius 3 is 2.68 bits per heavy atom. The van der Waals surface area contributed by atoms with E-state index in [0.717, 1.165) is 23.9 Å². The number of thiophene rings is 1. The van der Waals surface area contributed by atoms with Gasteiger partial charge in [-0.15, -0.1) is 11.3 Å². The number of nitrogens with zero attached hydrogens (tertiary/aromatic N) is 2. The predicted octanol–water partition coefficient (Wildman–Crippen LogP) is 4.79. The van der Waals surface area contributed by atoms with Crippen molar-refractivity contribution in [3.8, 4) is 5.69 Å². The van der Waals surface area contributed by atoms with Gasteiger partial charge in [-0.05, 0) is 41.8 Å². The van der Waals surface area contributed by atoms with Crippen LogP contribution in [0.2, 0.25) is 5.02 Å². The lowest BCUT2D eigenvalue weighted by Gasteiger charge is -2.12. The molecule has 4 aromatic rings. The summed E-state index contributed by atoms with van der Waals surface area (Å²) in [7, 11) is 0. The number of benzene rings is 2. The van der Waals surface area contributed by atoms with Gasteiger partial charge in [0.25, 0.3) is 5.56 Å². The molecule has 0 aliphatic rings. The van der Waals surface area contributed by atoms with Crippen molar-refractivity contribution in [1.29, 1.82) is 0 Å². The summed E-state index contributed by atoms with van der Waals surface area (Å²) in [6, 6.07) is 11.7. The zero-order chi connectivity index (χ0) is 22.0. The Morgan fingerprint density at radius 1 is 1.16 bits per heavy atom. The standard InChI is InChI=1S/C21H14ClF2N3O2S2/c22-13-2-5-15(6-3-13)27-20(29)19-17(7-8-30-19)26-21(27)31-11-18(28)25-10-12-1-4-14(23)9-16(12)24/h1-9H,10-11H2,(H,25,28). The van der Waals surface area contributed by atoms with Gasteiger partial charge >= 0.3 is 0 Å². The number of aromatic nitrogens is 2. The van der Waals surface area contributed by atoms with E-state index >= 15 is 0 Å². The van der Waals surface area contributed by atoms with Crippen molar-refractivity contribution >= 4 is 50.8 Å². The quantitative estimate of drug-likeness (QED) is 0.320. The molecule has 2 heterocycles. The molecule has 31 heavy (non-hydrogen) atoms. The Bertz CT molecular complexity index is 1320. The van der Waals surface area contributed by atoms with Gasteiger partial charge in [0, 0.05) is 23.2 Å². The summed E-state index contributed by atoms with van der Waals surface area (Å²) in [6.45, 7) is -0.0769. The highest BCUT2D eigenvalue weighted by atomic mass is 35.5. The maximum absolute atomic E-state index is 13.7. The third kappa shape index (κ3) is 4.79. The first-order valence-electron chi connectivity index (χ1n) is 9.02. The summed E-state index contributed by atoms with van der Waals surface area (Å²) < 4.78 is 28.7. The Morgan fingerprint density at radius 2 is 1.94 bits per heavy atom. The number of carbonyl (C=O) groups excluding carboxylic acids is 1. The maximum Gasteiger partial charge on any atom is 0.276 e. The van der Waals surface area contributed by atoms with Crippen molar-refractivity contribution in [3.05, 3.63) is 86.5 Å². The van der Waals surface area contributed by atoms with E-state index in [4.69, 9.17) is 11.6 Å². The van der Waals surface area contributed by atoms with E-state index in [2.05, 4.69) is 10.3 Å². The smallest absolute Gasteiger partial charge is 0.276 e. The molecular weight excluding hydrogens is 464 g/mol. The molecule has 0 saturated heterocycles. The van der Waals surface area contributed by atoms with Crippen molar-refractivity contribution in [2.75, 3.05) is 5.75 Å². The molecule has 0 aliphatic carbocycles. The lowest BCUT2D eigenvalue weighted by molar-refractivity contribution is -0.118. The molecule has 0 fully saturated rings. The fraction of sp³-hybridized carbons (Fsp3) is 0.0952. The number of fused-ring (bicyclic) bond motifs is 1. The van der Waals surface area contributed by atoms with E-state index in [1.54, 1.807) is 35.7 Å². The molecule has 2 aromatic heterocycles. The van der Waals surface area contributed by atoms with Crippen LogP contribution < -0.4 is 10.9 Å². The van der Waals surface area contributed by atoms with Crippen molar-refractivity contribution in [2.45, 2.75) is 11.7 Å². The van der Waals surface area contributed by atoms with Crippen LogP contribution in [-0.2, 0) is 11.3 Å². The molecule has 0 aliphatic heterocycles. The number of hydrogen-bond acceptors (Lipinski definition) is 5. The van der Waals surface area contributed by atoms with E-state index in [1.165, 1.54) is 22.0 Å². The monoisotopic (exact) mass is 477 g/mol. The van der Waals surface area contributed by atoms with Gasteiger partial charge in [0.15, 0.2) is 5.16 Å². The zero-order valence-corrected chi connectivity index (χ0v) is 18.2. The third-order valence-corrected chi connectivity index (χ3v) is 6.44. The molecule has 0 radical (unpaired) electrons. The van der Waals surface area contributed by atoms with E-state index in [9.17, 15) is 18.4 Å². The number of carbonyl (C=O) groups is 1. The summed E-state index contributed by atoms with van der Waals surface area (Å²) in [5.41, 5.74) is 1.07. The van der Waals surface area contributed by atoms with Crippen LogP contribution in [0.1, 0.15) is 5.56 Å². The lowest BCUT2D eigenvalue weighted by atomic mass is 10.2. The molecule has 0 bridgehead atoms. The molecule has 4 rings (SSSR count). The van der Waals surface area contributed by atoms with Crippen LogP contribution in [-0.4, -0.2) is 21.2 Å². The average molecular weight is 478 g/mol. The van der Waals surface area contributed by atoms with Crippen LogP contribution in [0.25, 0.3) is 15.9 Å². The second-order valence-electron chi connectivity index (χ2n) is 6.45. The molecule has 0 unspecified atom stereocenters. The van der Waals surface area contributed by atoms with Crippen molar-refractivity contribution in [3.63, 3.8) is 0 Å². The predicted molar refractivity (Wildman–Crippen MR) is 119 cm³/mol. The van der Waals surface area contributed by atoms with E-state index in [-0.39, 0.29) is 29.3 Å². The fourth-order valence-electron chi connectivity index (χ4n) is 2.85. The lowest BCUT2D eigenvalue weighted by Crippen LogP contribution is -2.26. The van der Waals surface area contributed by atoms with E-state index < -0.39 is 11.6 Å². The summed E-state index contributed by atoms with van der Waals surface area (Å²) in [4.78, 5) is 29.9. The van der Waals surface area contributed by atoms with Crippen LogP contribution in [0.5, 0.6) is 0 Å². The summed E-state index contributed by atoms with van der Waals surface area (Å²) in [6.07, 6.45) is 0. The second-order valence-corrected chi connectivity index (χ2v) is 8.74. The van der Waals surface area contributed by atoms with Crippen LogP contribution in [0, 0.1) is 11.6 Å². The van der Waals surface area contributed by atoms with Crippen LogP contribution in [0.15, 0.2) is 63.9 Å². The molecule has 0 atom stereocenters. The summed E-state index contributed by atoms with van der Waals surface area (Å²) in [5, 5.41) is 5.25. The fourth-order valence-corrected chi connectivity index (χ4v) is 4.57. The number of rotatable bonds is 6. The van der Waals surface area contributed by atoms with Crippen LogP contribution >= 0.6 is 34.7 Å². The molecule has 0 spiro atoms. The Balaban J connectivity index is 1.55. The Kier molecular flexibility index (Phi) is 6.35. The largest absolute Gasteiger partial charge is 0.351 e. The van der Waals surface area contributed by atoms with E-state index in [1.807, 2.05) is 0 Å². The number of amides is 1. The van der Waals surface area contributed by atoms with Crippen molar-refractivity contribution < 1.29 is 13.6 Å². The minimum absolute atomic E-state index is 0.0432. The zero-order valence-electron chi connectivity index (χ0n) is 15.8. The van der Waals surface area contributed by atoms with Crippen molar-refractivity contribution in [2.24, 2.45) is 0 Å². The van der Waals surface area contributed by atoms with Gasteiger partial charge in [-0.2, -0.15) is 0 Å². The third-order valence-electron chi connectivity index (χ3n) is 4.36. The summed E-state index contributed by atoms with van der Waals surface area (Å²) in [5.74, 6) is -1.83. The molecule has 0 saturated carbocycles. The first-order valence-corrected chi connectivity index (χ1v) is 11.3. The minimum atomic E-state index is -0.728. The first kappa shape index (κ1) is 21.5. The Hall–Kier alpha value is -2.75. The van der Waals surface area contributed by atoms with Gasteiger partial charge in [0.2, 0.25) is 5.91 Å². The minimum Gasteiger partial charge on any atom is -0.351 e. The van der Waals surface area contributed by atoms with Gasteiger partial charge in [-0.3, -0.25) is 14.2 Å². The average Bonchev–Trinajstić information content (AvgIpc) is 3.22. The van der Waals surface area contributed by atoms with Crippen molar-refractivity contribution in [1.82, 2.24) is 14.9 Å². The van der Waals surface area contributed by atoms with Crippen LogP contribution in [0.4, 0.5) is 8.78 Å². The highest BCUT2D eigenvalue weighted by Crippen LogP contribution is 2.24. The molecule has 1 N–H and O–H groups in total. The number of halogens is 3. The maximum atomic E-state index is 13.7. The molecule has 1 amide bonds. The van der Waals surface area contributed by atoms with E-state index in [0.29, 0.717) is 26.1 Å². The molecule has 5 nitrogen and oxygen atoms in total. The van der Waals surface area contributed by atoms with Gasteiger partial charge in [0.05, 0.1) is 17.0 Å². The van der Waals surface area contributed by atoms with Gasteiger partial charge in [0.1, 0.15) is 16.3 Å². The molecule has 2 aromatic carbocycles. The second kappa shape index (κ2) is 9.17. The van der Waals surface area contributed by atoms with Gasteiger partial charge < -0.3 is 5.32 Å². The first-order chi connectivity index (χ1) is 14.9. The highest BCUT2D eigenvalue weighted by Gasteiger charge is 2.16. The van der Waals surface area contributed by atoms with Crippen LogP contribution in [0.3, 0.4) is 0 Å². The number of hydrogen-bond donors (Lipinski definition) is 1. The normalized spacial score (nSPS) is 11.1. The Labute approximate surface area is 188 Å². The van der Waals surface area contributed by atoms with Gasteiger partial charge in [-0.25, -0.2) is 13.8 Å². The molecular formula is C21H14ClF2N3O2S2. The summed E-state index contributed by atoms with van der Waals surface area (Å²) >= 11 is 8.34. The number of thioether (sulfide) groups is 1. The van der Waals surface area contributed by atoms with Gasteiger partial charge in [-0.1, -0.05) is 29.4 Å². The highest BCUT2D eigenvalue weighted by molar-refractivity contribution is 7.99. The SMILES string of the molecule is O=C(CSc1nc2ccsc2c(=O)n1-c1ccc(Cl)cc1)NCc1ccc(F)cc1F. The molecule has 158 valence electrons. The molecule has 10 heteroatoms. The topological polar surface area (TPSA) is 64.0 Å². The number of nitrogens with one attached hydrogen (secondary N) is 1.